The Balaban J connectivity index is 1.49. The van der Waals surface area contributed by atoms with Gasteiger partial charge in [-0.1, -0.05) is 66.7 Å². The predicted molar refractivity (Wildman–Crippen MR) is 121 cm³/mol. The summed E-state index contributed by atoms with van der Waals surface area (Å²) < 4.78 is 17.1. The lowest BCUT2D eigenvalue weighted by Gasteiger charge is -2.25. The molecule has 33 heavy (non-hydrogen) atoms. The minimum Gasteiger partial charge on any atom is -0.451 e. The van der Waals surface area contributed by atoms with Crippen molar-refractivity contribution < 1.29 is 28.9 Å². The Hall–Kier alpha value is -3.74. The Morgan fingerprint density at radius 2 is 1.21 bits per heavy atom. The van der Waals surface area contributed by atoms with Crippen molar-refractivity contribution in [2.75, 3.05) is 6.61 Å². The molecule has 0 bridgehead atoms. The molecule has 0 saturated carbocycles. The highest BCUT2D eigenvalue weighted by Gasteiger charge is 2.42. The van der Waals surface area contributed by atoms with E-state index in [1.807, 2.05) is 30.3 Å². The topological polar surface area (TPSA) is 82.1 Å². The second-order valence-electron chi connectivity index (χ2n) is 7.64. The van der Waals surface area contributed by atoms with Crippen molar-refractivity contribution in [3.8, 4) is 0 Å². The number of aliphatic hydroxyl groups excluding tert-OH is 1. The quantitative estimate of drug-likeness (QED) is 0.418. The molecule has 1 N–H and O–H groups in total. The minimum absolute atomic E-state index is 0.109. The normalized spacial score (nSPS) is 19.5. The van der Waals surface area contributed by atoms with Crippen molar-refractivity contribution in [2.24, 2.45) is 0 Å². The van der Waals surface area contributed by atoms with Gasteiger partial charge in [-0.2, -0.15) is 0 Å². The standard InChI is InChI=1S/C27H24O6/c28-23-16-22(18-31-17-19-10-4-1-5-11-19)24(32-26(29)20-12-6-2-7-13-20)25(23)33-27(30)21-14-8-3-9-15-21/h1-16,23-25,28H,17-18H2. The van der Waals surface area contributed by atoms with E-state index in [1.165, 1.54) is 6.08 Å². The average Bonchev–Trinajstić information content (AvgIpc) is 3.14. The molecule has 3 aromatic carbocycles. The van der Waals surface area contributed by atoms with Crippen LogP contribution in [0.15, 0.2) is 103 Å². The SMILES string of the molecule is O=C(OC1C(COCc2ccccc2)=CC(O)C1OC(=O)c1ccccc1)c1ccccc1. The van der Waals surface area contributed by atoms with Crippen molar-refractivity contribution in [3.05, 3.63) is 119 Å². The monoisotopic (exact) mass is 444 g/mol. The second-order valence-corrected chi connectivity index (χ2v) is 7.64. The zero-order valence-corrected chi connectivity index (χ0v) is 17.9. The third-order valence-electron chi connectivity index (χ3n) is 5.26. The number of carbonyl (C=O) groups excluding carboxylic acids is 2. The number of aliphatic hydroxyl groups is 1. The van der Waals surface area contributed by atoms with Crippen molar-refractivity contribution in [1.29, 1.82) is 0 Å². The fourth-order valence-electron chi connectivity index (χ4n) is 3.59. The highest BCUT2D eigenvalue weighted by Crippen LogP contribution is 2.28. The van der Waals surface area contributed by atoms with E-state index in [4.69, 9.17) is 14.2 Å². The second kappa shape index (κ2) is 10.7. The Morgan fingerprint density at radius 3 is 1.79 bits per heavy atom. The summed E-state index contributed by atoms with van der Waals surface area (Å²) >= 11 is 0. The maximum absolute atomic E-state index is 12.7. The first-order valence-corrected chi connectivity index (χ1v) is 10.6. The smallest absolute Gasteiger partial charge is 0.338 e. The largest absolute Gasteiger partial charge is 0.451 e. The molecule has 0 heterocycles. The van der Waals surface area contributed by atoms with Gasteiger partial charge in [0.05, 0.1) is 24.3 Å². The predicted octanol–water partition coefficient (Wildman–Crippen LogP) is 3.96. The van der Waals surface area contributed by atoms with E-state index in [2.05, 4.69) is 0 Å². The molecule has 3 atom stereocenters. The molecule has 0 aromatic heterocycles. The lowest BCUT2D eigenvalue weighted by atomic mass is 10.1. The molecule has 0 fully saturated rings. The highest BCUT2D eigenvalue weighted by molar-refractivity contribution is 5.90. The van der Waals surface area contributed by atoms with Gasteiger partial charge in [-0.15, -0.1) is 0 Å². The summed E-state index contributed by atoms with van der Waals surface area (Å²) in [6, 6.07) is 26.6. The molecule has 6 nitrogen and oxygen atoms in total. The summed E-state index contributed by atoms with van der Waals surface area (Å²) in [6.45, 7) is 0.459. The van der Waals surface area contributed by atoms with Crippen LogP contribution in [0, 0.1) is 0 Å². The van der Waals surface area contributed by atoms with Crippen LogP contribution in [0.4, 0.5) is 0 Å². The molecule has 0 saturated heterocycles. The van der Waals surface area contributed by atoms with E-state index in [0.29, 0.717) is 23.3 Å². The average molecular weight is 444 g/mol. The van der Waals surface area contributed by atoms with Crippen LogP contribution in [-0.4, -0.2) is 42.0 Å². The first kappa shape index (κ1) is 22.5. The number of esters is 2. The first-order valence-electron chi connectivity index (χ1n) is 10.6. The molecular weight excluding hydrogens is 420 g/mol. The molecule has 3 aromatic rings. The van der Waals surface area contributed by atoms with E-state index in [9.17, 15) is 14.7 Å². The van der Waals surface area contributed by atoms with Gasteiger partial charge in [0.1, 0.15) is 6.10 Å². The third-order valence-corrected chi connectivity index (χ3v) is 5.26. The molecule has 0 aliphatic heterocycles. The summed E-state index contributed by atoms with van der Waals surface area (Å²) in [4.78, 5) is 25.4. The van der Waals surface area contributed by atoms with Gasteiger partial charge in [0.2, 0.25) is 0 Å². The molecule has 4 rings (SSSR count). The van der Waals surface area contributed by atoms with Gasteiger partial charge < -0.3 is 19.3 Å². The van der Waals surface area contributed by atoms with Crippen molar-refractivity contribution >= 4 is 11.9 Å². The maximum atomic E-state index is 12.7. The summed E-state index contributed by atoms with van der Waals surface area (Å²) in [6.07, 6.45) is -1.67. The summed E-state index contributed by atoms with van der Waals surface area (Å²) in [7, 11) is 0. The fourth-order valence-corrected chi connectivity index (χ4v) is 3.59. The molecular formula is C27H24O6. The van der Waals surface area contributed by atoms with Crippen LogP contribution in [-0.2, 0) is 20.8 Å². The van der Waals surface area contributed by atoms with Gasteiger partial charge >= 0.3 is 11.9 Å². The van der Waals surface area contributed by atoms with E-state index in [1.54, 1.807) is 60.7 Å². The minimum atomic E-state index is -1.14. The summed E-state index contributed by atoms with van der Waals surface area (Å²) in [5.74, 6) is -1.19. The van der Waals surface area contributed by atoms with E-state index in [0.717, 1.165) is 5.56 Å². The molecule has 1 aliphatic carbocycles. The number of benzene rings is 3. The van der Waals surface area contributed by atoms with Gasteiger partial charge in [0, 0.05) is 0 Å². The van der Waals surface area contributed by atoms with Gasteiger partial charge in [0.25, 0.3) is 0 Å². The fraction of sp³-hybridized carbons (Fsp3) is 0.185. The number of rotatable bonds is 8. The number of hydrogen-bond acceptors (Lipinski definition) is 6. The van der Waals surface area contributed by atoms with E-state index >= 15 is 0 Å². The van der Waals surface area contributed by atoms with Crippen LogP contribution >= 0.6 is 0 Å². The van der Waals surface area contributed by atoms with E-state index < -0.39 is 30.3 Å². The van der Waals surface area contributed by atoms with E-state index in [-0.39, 0.29) is 6.61 Å². The lowest BCUT2D eigenvalue weighted by molar-refractivity contribution is -0.0513. The Morgan fingerprint density at radius 1 is 0.697 bits per heavy atom. The van der Waals surface area contributed by atoms with Gasteiger partial charge in [0.15, 0.2) is 12.2 Å². The molecule has 0 amide bonds. The van der Waals surface area contributed by atoms with Crippen LogP contribution in [0.2, 0.25) is 0 Å². The molecule has 0 spiro atoms. The Labute approximate surface area is 192 Å². The lowest BCUT2D eigenvalue weighted by Crippen LogP contribution is -2.39. The highest BCUT2D eigenvalue weighted by atomic mass is 16.6. The van der Waals surface area contributed by atoms with Crippen LogP contribution in [0.25, 0.3) is 0 Å². The van der Waals surface area contributed by atoms with Crippen LogP contribution < -0.4 is 0 Å². The molecule has 3 unspecified atom stereocenters. The molecule has 168 valence electrons. The van der Waals surface area contributed by atoms with Crippen LogP contribution in [0.5, 0.6) is 0 Å². The van der Waals surface area contributed by atoms with Crippen molar-refractivity contribution in [1.82, 2.24) is 0 Å². The molecule has 0 radical (unpaired) electrons. The van der Waals surface area contributed by atoms with Crippen molar-refractivity contribution in [3.63, 3.8) is 0 Å². The van der Waals surface area contributed by atoms with Crippen LogP contribution in [0.1, 0.15) is 26.3 Å². The van der Waals surface area contributed by atoms with Gasteiger partial charge in [-0.3, -0.25) is 0 Å². The number of carbonyl (C=O) groups is 2. The summed E-state index contributed by atoms with van der Waals surface area (Å²) in [5.41, 5.74) is 2.22. The van der Waals surface area contributed by atoms with Gasteiger partial charge in [-0.25, -0.2) is 9.59 Å². The maximum Gasteiger partial charge on any atom is 0.338 e. The zero-order chi connectivity index (χ0) is 23.0. The molecule has 6 heteroatoms. The first-order chi connectivity index (χ1) is 16.1. The van der Waals surface area contributed by atoms with Gasteiger partial charge in [-0.05, 0) is 41.5 Å². The zero-order valence-electron chi connectivity index (χ0n) is 17.9. The molecule has 1 aliphatic rings. The Kier molecular flexibility index (Phi) is 7.29. The van der Waals surface area contributed by atoms with Crippen LogP contribution in [0.3, 0.4) is 0 Å². The van der Waals surface area contributed by atoms with Crippen molar-refractivity contribution in [2.45, 2.75) is 24.9 Å². The number of hydrogen-bond donors (Lipinski definition) is 1. The Bertz CT molecular complexity index is 1100. The summed E-state index contributed by atoms with van der Waals surface area (Å²) in [5, 5.41) is 10.6. The third kappa shape index (κ3) is 5.74. The number of ether oxygens (including phenoxy) is 3.